The molecule has 0 aliphatic heterocycles. The summed E-state index contributed by atoms with van der Waals surface area (Å²) < 4.78 is 4.99. The maximum absolute atomic E-state index is 11.6. The van der Waals surface area contributed by atoms with E-state index in [1.165, 1.54) is 77.0 Å². The number of aromatic amines is 1. The van der Waals surface area contributed by atoms with E-state index in [-0.39, 0.29) is 5.97 Å². The lowest BCUT2D eigenvalue weighted by Crippen LogP contribution is -2.05. The number of hydrogen-bond donors (Lipinski definition) is 1. The van der Waals surface area contributed by atoms with Crippen LogP contribution in [0.4, 0.5) is 0 Å². The summed E-state index contributed by atoms with van der Waals surface area (Å²) in [5.41, 5.74) is 1.72. The van der Waals surface area contributed by atoms with E-state index in [4.69, 9.17) is 4.74 Å². The standard InChI is InChI=1S/C21H37NO2/c1-3-5-6-7-8-9-10-11-12-13-14-15-16-19-17-18-20(22-19)21(23)24-4-2/h17-18,22H,3-16H2,1-2H3. The molecule has 0 amide bonds. The van der Waals surface area contributed by atoms with Gasteiger partial charge in [0.05, 0.1) is 6.61 Å². The number of rotatable bonds is 15. The number of hydrogen-bond acceptors (Lipinski definition) is 2. The molecule has 3 heteroatoms. The average Bonchev–Trinajstić information content (AvgIpc) is 3.05. The van der Waals surface area contributed by atoms with Crippen molar-refractivity contribution in [3.05, 3.63) is 23.5 Å². The Morgan fingerprint density at radius 1 is 0.833 bits per heavy atom. The molecule has 3 nitrogen and oxygen atoms in total. The molecule has 0 unspecified atom stereocenters. The summed E-state index contributed by atoms with van der Waals surface area (Å²) in [5, 5.41) is 0. The minimum Gasteiger partial charge on any atom is -0.461 e. The zero-order valence-electron chi connectivity index (χ0n) is 15.9. The summed E-state index contributed by atoms with van der Waals surface area (Å²) in [6.07, 6.45) is 17.4. The molecule has 138 valence electrons. The summed E-state index contributed by atoms with van der Waals surface area (Å²) in [4.78, 5) is 14.7. The van der Waals surface area contributed by atoms with Crippen molar-refractivity contribution in [1.29, 1.82) is 0 Å². The van der Waals surface area contributed by atoms with Crippen LogP contribution in [0, 0.1) is 0 Å². The van der Waals surface area contributed by atoms with Gasteiger partial charge in [0, 0.05) is 5.69 Å². The molecule has 1 rings (SSSR count). The molecule has 1 N–H and O–H groups in total. The second-order valence-electron chi connectivity index (χ2n) is 6.76. The first kappa shape index (κ1) is 20.8. The Bertz CT molecular complexity index is 425. The summed E-state index contributed by atoms with van der Waals surface area (Å²) in [6, 6.07) is 3.83. The number of carbonyl (C=O) groups is 1. The molecule has 0 fully saturated rings. The van der Waals surface area contributed by atoms with Crippen LogP contribution in [-0.4, -0.2) is 17.6 Å². The van der Waals surface area contributed by atoms with Gasteiger partial charge in [0.1, 0.15) is 5.69 Å². The van der Waals surface area contributed by atoms with E-state index in [1.807, 2.05) is 19.1 Å². The van der Waals surface area contributed by atoms with Gasteiger partial charge in [-0.1, -0.05) is 77.6 Å². The minimum absolute atomic E-state index is 0.251. The quantitative estimate of drug-likeness (QED) is 0.296. The van der Waals surface area contributed by atoms with E-state index in [0.29, 0.717) is 12.3 Å². The third-order valence-electron chi connectivity index (χ3n) is 4.54. The Morgan fingerprint density at radius 3 is 1.92 bits per heavy atom. The van der Waals surface area contributed by atoms with Crippen molar-refractivity contribution < 1.29 is 9.53 Å². The van der Waals surface area contributed by atoms with Crippen LogP contribution in [0.2, 0.25) is 0 Å². The number of H-pyrrole nitrogens is 1. The number of carbonyl (C=O) groups excluding carboxylic acids is 1. The summed E-state index contributed by atoms with van der Waals surface area (Å²) in [5.74, 6) is -0.251. The first-order valence-corrected chi connectivity index (χ1v) is 10.1. The van der Waals surface area contributed by atoms with Crippen molar-refractivity contribution in [2.24, 2.45) is 0 Å². The summed E-state index contributed by atoms with van der Waals surface area (Å²) >= 11 is 0. The fourth-order valence-electron chi connectivity index (χ4n) is 3.07. The second kappa shape index (κ2) is 14.1. The van der Waals surface area contributed by atoms with E-state index in [9.17, 15) is 4.79 Å². The molecule has 0 aliphatic rings. The van der Waals surface area contributed by atoms with Gasteiger partial charge in [0.2, 0.25) is 0 Å². The second-order valence-corrected chi connectivity index (χ2v) is 6.76. The van der Waals surface area contributed by atoms with E-state index in [2.05, 4.69) is 11.9 Å². The minimum atomic E-state index is -0.251. The zero-order valence-corrected chi connectivity index (χ0v) is 15.9. The van der Waals surface area contributed by atoms with Gasteiger partial charge in [-0.2, -0.15) is 0 Å². The van der Waals surface area contributed by atoms with Crippen molar-refractivity contribution in [2.45, 2.75) is 97.3 Å². The van der Waals surface area contributed by atoms with Gasteiger partial charge in [-0.3, -0.25) is 0 Å². The van der Waals surface area contributed by atoms with Crippen molar-refractivity contribution in [2.75, 3.05) is 6.61 Å². The Morgan fingerprint density at radius 2 is 1.38 bits per heavy atom. The summed E-state index contributed by atoms with van der Waals surface area (Å²) in [7, 11) is 0. The van der Waals surface area contributed by atoms with Crippen molar-refractivity contribution >= 4 is 5.97 Å². The Labute approximate surface area is 148 Å². The van der Waals surface area contributed by atoms with Gasteiger partial charge in [0.25, 0.3) is 0 Å². The number of esters is 1. The van der Waals surface area contributed by atoms with Gasteiger partial charge in [-0.15, -0.1) is 0 Å². The normalized spacial score (nSPS) is 10.9. The highest BCUT2D eigenvalue weighted by Crippen LogP contribution is 2.13. The van der Waals surface area contributed by atoms with E-state index in [0.717, 1.165) is 12.1 Å². The molecule has 1 heterocycles. The molecule has 0 saturated heterocycles. The van der Waals surface area contributed by atoms with Gasteiger partial charge in [-0.25, -0.2) is 4.79 Å². The molecule has 1 aromatic rings. The van der Waals surface area contributed by atoms with Crippen LogP contribution in [0.3, 0.4) is 0 Å². The van der Waals surface area contributed by atoms with Gasteiger partial charge < -0.3 is 9.72 Å². The Kier molecular flexibility index (Phi) is 12.2. The van der Waals surface area contributed by atoms with E-state index in [1.54, 1.807) is 0 Å². The highest BCUT2D eigenvalue weighted by molar-refractivity contribution is 5.87. The molecule has 0 saturated carbocycles. The lowest BCUT2D eigenvalue weighted by Gasteiger charge is -2.03. The number of ether oxygens (including phenoxy) is 1. The lowest BCUT2D eigenvalue weighted by atomic mass is 10.0. The van der Waals surface area contributed by atoms with Crippen LogP contribution < -0.4 is 0 Å². The molecule has 0 radical (unpaired) electrons. The third-order valence-corrected chi connectivity index (χ3v) is 4.54. The van der Waals surface area contributed by atoms with Crippen LogP contribution >= 0.6 is 0 Å². The largest absolute Gasteiger partial charge is 0.461 e. The molecule has 1 aromatic heterocycles. The van der Waals surface area contributed by atoms with Crippen LogP contribution in [0.25, 0.3) is 0 Å². The molecular formula is C21H37NO2. The Hall–Kier alpha value is -1.25. The highest BCUT2D eigenvalue weighted by atomic mass is 16.5. The third kappa shape index (κ3) is 9.79. The smallest absolute Gasteiger partial charge is 0.354 e. The summed E-state index contributed by atoms with van der Waals surface area (Å²) in [6.45, 7) is 4.52. The van der Waals surface area contributed by atoms with E-state index >= 15 is 0 Å². The van der Waals surface area contributed by atoms with Crippen molar-refractivity contribution in [3.63, 3.8) is 0 Å². The maximum Gasteiger partial charge on any atom is 0.354 e. The number of unbranched alkanes of at least 4 members (excludes halogenated alkanes) is 11. The van der Waals surface area contributed by atoms with Crippen LogP contribution in [0.15, 0.2) is 12.1 Å². The number of nitrogens with one attached hydrogen (secondary N) is 1. The predicted octanol–water partition coefficient (Wildman–Crippen LogP) is 6.44. The lowest BCUT2D eigenvalue weighted by molar-refractivity contribution is 0.0520. The van der Waals surface area contributed by atoms with Crippen LogP contribution in [0.5, 0.6) is 0 Å². The SMILES string of the molecule is CCCCCCCCCCCCCCc1ccc(C(=O)OCC)[nH]1. The predicted molar refractivity (Wildman–Crippen MR) is 102 cm³/mol. The fraction of sp³-hybridized carbons (Fsp3) is 0.762. The molecule has 0 atom stereocenters. The van der Waals surface area contributed by atoms with Crippen LogP contribution in [0.1, 0.15) is 107 Å². The maximum atomic E-state index is 11.6. The Balaban J connectivity index is 1.92. The van der Waals surface area contributed by atoms with Gasteiger partial charge in [-0.05, 0) is 31.9 Å². The van der Waals surface area contributed by atoms with Gasteiger partial charge in [0.15, 0.2) is 0 Å². The van der Waals surface area contributed by atoms with E-state index < -0.39 is 0 Å². The topological polar surface area (TPSA) is 42.1 Å². The highest BCUT2D eigenvalue weighted by Gasteiger charge is 2.08. The first-order chi connectivity index (χ1) is 11.8. The van der Waals surface area contributed by atoms with Crippen molar-refractivity contribution in [1.82, 2.24) is 4.98 Å². The molecule has 0 bridgehead atoms. The van der Waals surface area contributed by atoms with Gasteiger partial charge >= 0.3 is 5.97 Å². The zero-order chi connectivity index (χ0) is 17.5. The first-order valence-electron chi connectivity index (χ1n) is 10.1. The molecule has 0 aromatic carbocycles. The fourth-order valence-corrected chi connectivity index (χ4v) is 3.07. The monoisotopic (exact) mass is 335 g/mol. The number of aromatic nitrogens is 1. The van der Waals surface area contributed by atoms with Crippen LogP contribution in [-0.2, 0) is 11.2 Å². The molecule has 0 spiro atoms. The molecular weight excluding hydrogens is 298 g/mol. The molecule has 24 heavy (non-hydrogen) atoms. The van der Waals surface area contributed by atoms with Crippen molar-refractivity contribution in [3.8, 4) is 0 Å². The number of aryl methyl sites for hydroxylation is 1. The molecule has 0 aliphatic carbocycles. The average molecular weight is 336 g/mol.